The van der Waals surface area contributed by atoms with E-state index >= 15 is 0 Å². The van der Waals surface area contributed by atoms with Crippen molar-refractivity contribution in [2.75, 3.05) is 13.7 Å². The Morgan fingerprint density at radius 3 is 2.93 bits per heavy atom. The number of hydrogen-bond donors (Lipinski definition) is 2. The Morgan fingerprint density at radius 1 is 1.19 bits per heavy atom. The van der Waals surface area contributed by atoms with Crippen LogP contribution in [0.1, 0.15) is 28.7 Å². The number of nitrogens with one attached hydrogen (secondary N) is 2. The maximum atomic E-state index is 5.17. The van der Waals surface area contributed by atoms with Gasteiger partial charge in [0, 0.05) is 44.8 Å². The molecule has 4 rings (SSSR count). The first-order valence-corrected chi connectivity index (χ1v) is 9.05. The Hall–Kier alpha value is -3.00. The molecule has 0 aliphatic heterocycles. The maximum absolute atomic E-state index is 5.17. The summed E-state index contributed by atoms with van der Waals surface area (Å²) in [5, 5.41) is 4.68. The fourth-order valence-corrected chi connectivity index (χ4v) is 3.16. The zero-order valence-electron chi connectivity index (χ0n) is 15.6. The minimum atomic E-state index is 0.614. The molecule has 8 nitrogen and oxygen atoms in total. The lowest BCUT2D eigenvalue weighted by Gasteiger charge is -2.05. The quantitative estimate of drug-likeness (QED) is 0.499. The first-order chi connectivity index (χ1) is 13.2. The van der Waals surface area contributed by atoms with Gasteiger partial charge in [0.25, 0.3) is 0 Å². The Kier molecular flexibility index (Phi) is 4.97. The summed E-state index contributed by atoms with van der Waals surface area (Å²) in [6.07, 6.45) is 5.80. The highest BCUT2D eigenvalue weighted by molar-refractivity contribution is 5.75. The third kappa shape index (κ3) is 4.06. The average molecular weight is 365 g/mol. The normalized spacial score (nSPS) is 11.5. The highest BCUT2D eigenvalue weighted by Gasteiger charge is 2.12. The number of benzene rings is 1. The summed E-state index contributed by atoms with van der Waals surface area (Å²) in [7, 11) is 1.69. The molecule has 0 aliphatic carbocycles. The van der Waals surface area contributed by atoms with Crippen molar-refractivity contribution in [3.63, 3.8) is 0 Å². The number of H-pyrrole nitrogens is 2. The first kappa shape index (κ1) is 17.4. The second-order valence-electron chi connectivity index (χ2n) is 6.59. The molecule has 8 heteroatoms. The van der Waals surface area contributed by atoms with Gasteiger partial charge in [-0.3, -0.25) is 0 Å². The van der Waals surface area contributed by atoms with Gasteiger partial charge in [0.1, 0.15) is 11.6 Å². The Balaban J connectivity index is 1.56. The number of ether oxygens (including phenoxy) is 1. The van der Waals surface area contributed by atoms with Gasteiger partial charge in [-0.25, -0.2) is 19.6 Å². The molecule has 0 unspecified atom stereocenters. The van der Waals surface area contributed by atoms with Crippen molar-refractivity contribution in [1.29, 1.82) is 0 Å². The van der Waals surface area contributed by atoms with Gasteiger partial charge in [0.2, 0.25) is 0 Å². The lowest BCUT2D eigenvalue weighted by Crippen LogP contribution is -2.09. The second-order valence-corrected chi connectivity index (χ2v) is 6.59. The van der Waals surface area contributed by atoms with Crippen molar-refractivity contribution in [2.45, 2.75) is 32.7 Å². The molecule has 1 aromatic carbocycles. The number of hydrogen-bond acceptors (Lipinski definition) is 5. The monoisotopic (exact) mass is 365 g/mol. The van der Waals surface area contributed by atoms with E-state index in [4.69, 9.17) is 9.72 Å². The molecule has 4 aromatic rings. The van der Waals surface area contributed by atoms with Crippen molar-refractivity contribution >= 4 is 11.0 Å². The van der Waals surface area contributed by atoms with Crippen LogP contribution in [0.3, 0.4) is 0 Å². The van der Waals surface area contributed by atoms with Crippen molar-refractivity contribution in [3.8, 4) is 0 Å². The van der Waals surface area contributed by atoms with Gasteiger partial charge in [-0.05, 0) is 24.6 Å². The van der Waals surface area contributed by atoms with Crippen molar-refractivity contribution in [2.24, 2.45) is 0 Å². The van der Waals surface area contributed by atoms with Gasteiger partial charge < -0.3 is 14.7 Å². The minimum Gasteiger partial charge on any atom is -0.384 e. The van der Waals surface area contributed by atoms with Crippen LogP contribution in [-0.4, -0.2) is 48.4 Å². The van der Waals surface area contributed by atoms with Crippen LogP contribution in [0.25, 0.3) is 11.0 Å². The van der Waals surface area contributed by atoms with Crippen LogP contribution in [0.15, 0.2) is 30.7 Å². The maximum Gasteiger partial charge on any atom is 0.153 e. The van der Waals surface area contributed by atoms with E-state index in [9.17, 15) is 0 Å². The van der Waals surface area contributed by atoms with Crippen LogP contribution < -0.4 is 0 Å². The zero-order chi connectivity index (χ0) is 18.6. The van der Waals surface area contributed by atoms with Crippen LogP contribution in [0.4, 0.5) is 0 Å². The smallest absolute Gasteiger partial charge is 0.153 e. The van der Waals surface area contributed by atoms with Gasteiger partial charge in [-0.1, -0.05) is 6.07 Å². The predicted molar refractivity (Wildman–Crippen MR) is 102 cm³/mol. The zero-order valence-corrected chi connectivity index (χ0v) is 15.6. The van der Waals surface area contributed by atoms with E-state index in [1.807, 2.05) is 23.9 Å². The molecular weight excluding hydrogens is 342 g/mol. The molecule has 0 radical (unpaired) electrons. The molecule has 140 valence electrons. The van der Waals surface area contributed by atoms with E-state index in [1.165, 1.54) is 5.56 Å². The third-order valence-electron chi connectivity index (χ3n) is 4.50. The number of aryl methyl sites for hydroxylation is 3. The number of aromatic nitrogens is 7. The van der Waals surface area contributed by atoms with Gasteiger partial charge in [0.05, 0.1) is 24.0 Å². The fourth-order valence-electron chi connectivity index (χ4n) is 3.16. The number of aromatic amines is 2. The summed E-state index contributed by atoms with van der Waals surface area (Å²) in [5.41, 5.74) is 4.30. The van der Waals surface area contributed by atoms with E-state index in [0.29, 0.717) is 13.0 Å². The molecule has 3 heterocycles. The van der Waals surface area contributed by atoms with Gasteiger partial charge in [0.15, 0.2) is 5.82 Å². The number of nitrogens with zero attached hydrogens (tertiary/aromatic N) is 5. The third-order valence-corrected chi connectivity index (χ3v) is 4.50. The van der Waals surface area contributed by atoms with E-state index < -0.39 is 0 Å². The van der Waals surface area contributed by atoms with Gasteiger partial charge in [-0.15, -0.1) is 0 Å². The topological polar surface area (TPSA) is 97.3 Å². The molecule has 0 saturated carbocycles. The average Bonchev–Trinajstić information content (AvgIpc) is 3.37. The van der Waals surface area contributed by atoms with Gasteiger partial charge >= 0.3 is 0 Å². The number of imidazole rings is 2. The van der Waals surface area contributed by atoms with Gasteiger partial charge in [-0.2, -0.15) is 5.10 Å². The molecule has 2 N–H and O–H groups in total. The summed E-state index contributed by atoms with van der Waals surface area (Å²) >= 11 is 0. The molecular formula is C19H23N7O. The summed E-state index contributed by atoms with van der Waals surface area (Å²) in [6, 6.07) is 6.29. The molecule has 3 aromatic heterocycles. The van der Waals surface area contributed by atoms with Crippen LogP contribution >= 0.6 is 0 Å². The minimum absolute atomic E-state index is 0.614. The SMILES string of the molecule is COCCc1nc(Cc2ccc3nc(C)[nH]c3c2)n(CCc2cnc[nH]2)n1. The molecule has 0 amide bonds. The predicted octanol–water partition coefficient (Wildman–Crippen LogP) is 2.21. The van der Waals surface area contributed by atoms with Crippen molar-refractivity contribution < 1.29 is 4.74 Å². The molecule has 0 spiro atoms. The number of fused-ring (bicyclic) bond motifs is 1. The molecule has 0 fully saturated rings. The highest BCUT2D eigenvalue weighted by atomic mass is 16.5. The van der Waals surface area contributed by atoms with E-state index in [2.05, 4.69) is 37.2 Å². The Morgan fingerprint density at radius 2 is 2.11 bits per heavy atom. The van der Waals surface area contributed by atoms with Crippen molar-refractivity contribution in [1.82, 2.24) is 34.7 Å². The van der Waals surface area contributed by atoms with Crippen molar-refractivity contribution in [3.05, 3.63) is 59.5 Å². The highest BCUT2D eigenvalue weighted by Crippen LogP contribution is 2.16. The Labute approximate surface area is 157 Å². The summed E-state index contributed by atoms with van der Waals surface area (Å²) in [4.78, 5) is 19.7. The largest absolute Gasteiger partial charge is 0.384 e. The lowest BCUT2D eigenvalue weighted by molar-refractivity contribution is 0.200. The van der Waals surface area contributed by atoms with Crippen LogP contribution in [0.2, 0.25) is 0 Å². The molecule has 27 heavy (non-hydrogen) atoms. The summed E-state index contributed by atoms with van der Waals surface area (Å²) in [5.74, 6) is 2.69. The second kappa shape index (κ2) is 7.71. The number of methoxy groups -OCH3 is 1. The Bertz CT molecular complexity index is 1020. The molecule has 0 bridgehead atoms. The molecule has 0 saturated heterocycles. The molecule has 0 aliphatic rings. The standard InChI is InChI=1S/C19H23N7O/c1-13-22-16-4-3-14(9-17(16)23-13)10-19-24-18(6-8-27-2)25-26(19)7-5-15-11-20-12-21-15/h3-4,9,11-12H,5-8,10H2,1-2H3,(H,20,21)(H,22,23). The number of rotatable bonds is 8. The van der Waals surface area contributed by atoms with Crippen LogP contribution in [0, 0.1) is 6.92 Å². The lowest BCUT2D eigenvalue weighted by atomic mass is 10.1. The van der Waals surface area contributed by atoms with Crippen LogP contribution in [-0.2, 0) is 30.5 Å². The molecule has 0 atom stereocenters. The van der Waals surface area contributed by atoms with E-state index in [1.54, 1.807) is 13.4 Å². The van der Waals surface area contributed by atoms with E-state index in [-0.39, 0.29) is 0 Å². The summed E-state index contributed by atoms with van der Waals surface area (Å²) < 4.78 is 7.16. The first-order valence-electron chi connectivity index (χ1n) is 9.05. The van der Waals surface area contributed by atoms with E-state index in [0.717, 1.165) is 53.6 Å². The summed E-state index contributed by atoms with van der Waals surface area (Å²) in [6.45, 7) is 3.33. The fraction of sp³-hybridized carbons (Fsp3) is 0.368. The van der Waals surface area contributed by atoms with Crippen LogP contribution in [0.5, 0.6) is 0 Å².